The molecule has 3 fully saturated rings. The van der Waals surface area contributed by atoms with Crippen molar-refractivity contribution in [3.05, 3.63) is 11.8 Å². The summed E-state index contributed by atoms with van der Waals surface area (Å²) in [5.74, 6) is 1.01. The van der Waals surface area contributed by atoms with E-state index < -0.39 is 5.91 Å². The Kier molecular flexibility index (Phi) is 6.17. The number of aliphatic hydroxyl groups is 1. The summed E-state index contributed by atoms with van der Waals surface area (Å²) in [6.07, 6.45) is 9.41. The van der Waals surface area contributed by atoms with Crippen LogP contribution < -0.4 is 21.7 Å². The summed E-state index contributed by atoms with van der Waals surface area (Å²) in [6.45, 7) is 0. The quantitative estimate of drug-likeness (QED) is 0.428. The van der Waals surface area contributed by atoms with Crippen LogP contribution in [0.4, 0.5) is 11.8 Å². The molecule has 9 heteroatoms. The van der Waals surface area contributed by atoms with E-state index in [-0.39, 0.29) is 23.9 Å². The van der Waals surface area contributed by atoms with E-state index in [1.54, 1.807) is 0 Å². The molecule has 2 aliphatic carbocycles. The lowest BCUT2D eigenvalue weighted by molar-refractivity contribution is 0.100. The second-order valence-electron chi connectivity index (χ2n) is 8.55. The molecule has 2 heterocycles. The first kappa shape index (κ1) is 20.3. The number of rotatable bonds is 7. The molecule has 6 N–H and O–H groups in total. The first-order valence-corrected chi connectivity index (χ1v) is 10.7. The number of anilines is 2. The van der Waals surface area contributed by atoms with Gasteiger partial charge in [-0.15, -0.1) is 0 Å². The molecule has 4 atom stereocenters. The highest BCUT2D eigenvalue weighted by Crippen LogP contribution is 2.37. The molecule has 3 aliphatic rings. The molecule has 1 amide bonds. The van der Waals surface area contributed by atoms with Crippen LogP contribution in [-0.4, -0.2) is 58.5 Å². The number of aromatic nitrogens is 2. The van der Waals surface area contributed by atoms with Crippen molar-refractivity contribution < 1.29 is 14.6 Å². The molecule has 1 aromatic rings. The number of amides is 1. The van der Waals surface area contributed by atoms with Gasteiger partial charge >= 0.3 is 0 Å². The van der Waals surface area contributed by atoms with Gasteiger partial charge in [0.25, 0.3) is 5.91 Å². The summed E-state index contributed by atoms with van der Waals surface area (Å²) in [4.78, 5) is 20.7. The molecule has 0 bridgehead atoms. The molecule has 160 valence electrons. The van der Waals surface area contributed by atoms with Crippen LogP contribution in [0.1, 0.15) is 61.7 Å². The highest BCUT2D eigenvalue weighted by atomic mass is 16.6. The summed E-state index contributed by atoms with van der Waals surface area (Å²) in [5.41, 5.74) is 5.79. The van der Waals surface area contributed by atoms with E-state index in [1.165, 1.54) is 6.20 Å². The molecule has 1 aliphatic heterocycles. The zero-order chi connectivity index (χ0) is 20.4. The van der Waals surface area contributed by atoms with Crippen LogP contribution in [0.3, 0.4) is 0 Å². The molecular weight excluding hydrogens is 372 g/mol. The number of ether oxygens (including phenoxy) is 1. The fourth-order valence-corrected chi connectivity index (χ4v) is 4.72. The molecule has 2 saturated carbocycles. The molecular formula is C20H32N6O3. The Balaban J connectivity index is 1.37. The average Bonchev–Trinajstić information content (AvgIpc) is 3.48. The minimum Gasteiger partial charge on any atom is -0.393 e. The lowest BCUT2D eigenvalue weighted by Gasteiger charge is -2.29. The maximum Gasteiger partial charge on any atom is 0.254 e. The van der Waals surface area contributed by atoms with Crippen molar-refractivity contribution in [2.75, 3.05) is 17.7 Å². The van der Waals surface area contributed by atoms with E-state index in [1.807, 2.05) is 7.05 Å². The fraction of sp³-hybridized carbons (Fsp3) is 0.750. The Hall–Kier alpha value is -1.97. The lowest BCUT2D eigenvalue weighted by Crippen LogP contribution is -2.32. The van der Waals surface area contributed by atoms with Crippen LogP contribution in [0.25, 0.3) is 0 Å². The third kappa shape index (κ3) is 4.96. The molecule has 0 aromatic carbocycles. The monoisotopic (exact) mass is 404 g/mol. The molecule has 0 spiro atoms. The van der Waals surface area contributed by atoms with Gasteiger partial charge in [0.15, 0.2) is 0 Å². The fourth-order valence-electron chi connectivity index (χ4n) is 4.72. The molecule has 4 rings (SSSR count). The standard InChI is InChI=1S/C20H32N6O3/c1-22-19-16(29-19)11-5-7-12(8-6-11)25-20-23-10-15(17(21)28)18(26-20)24-13-3-2-4-14(27)9-13/h10-14,16,19,22,27H,2-9H2,1H3,(H2,21,28)(H2,23,24,25,26)/t11-,12-,13-,14+,16?,19?/m1/s1. The van der Waals surface area contributed by atoms with Gasteiger partial charge in [0, 0.05) is 18.3 Å². The van der Waals surface area contributed by atoms with E-state index in [0.717, 1.165) is 44.9 Å². The van der Waals surface area contributed by atoms with E-state index in [2.05, 4.69) is 25.9 Å². The Morgan fingerprint density at radius 3 is 2.62 bits per heavy atom. The van der Waals surface area contributed by atoms with E-state index in [0.29, 0.717) is 36.3 Å². The number of primary amides is 1. The van der Waals surface area contributed by atoms with E-state index in [9.17, 15) is 9.90 Å². The van der Waals surface area contributed by atoms with Crippen molar-refractivity contribution >= 4 is 17.7 Å². The Labute approximate surface area is 171 Å². The van der Waals surface area contributed by atoms with Crippen LogP contribution in [0.15, 0.2) is 6.20 Å². The van der Waals surface area contributed by atoms with Crippen molar-refractivity contribution in [1.82, 2.24) is 15.3 Å². The van der Waals surface area contributed by atoms with Crippen molar-refractivity contribution in [2.24, 2.45) is 11.7 Å². The van der Waals surface area contributed by atoms with Gasteiger partial charge in [0.05, 0.1) is 11.7 Å². The second-order valence-corrected chi connectivity index (χ2v) is 8.55. The minimum atomic E-state index is -0.556. The minimum absolute atomic E-state index is 0.0775. The topological polar surface area (TPSA) is 138 Å². The SMILES string of the molecule is CNC1OC1[C@H]1CC[C@H](Nc2ncc(C(N)=O)c(N[C@@H]3CCC[C@H](O)C3)n2)CC1. The van der Waals surface area contributed by atoms with Gasteiger partial charge in [-0.3, -0.25) is 10.1 Å². The zero-order valence-corrected chi connectivity index (χ0v) is 16.9. The van der Waals surface area contributed by atoms with Crippen LogP contribution in [0, 0.1) is 5.92 Å². The third-order valence-corrected chi connectivity index (χ3v) is 6.42. The molecule has 9 nitrogen and oxygen atoms in total. The summed E-state index contributed by atoms with van der Waals surface area (Å²) in [5, 5.41) is 19.8. The molecule has 2 unspecified atom stereocenters. The number of likely N-dealkylation sites (N-methyl/N-ethyl adjacent to an activating group) is 1. The molecule has 0 radical (unpaired) electrons. The first-order valence-electron chi connectivity index (χ1n) is 10.7. The number of nitrogens with two attached hydrogens (primary N) is 1. The van der Waals surface area contributed by atoms with Gasteiger partial charge in [0.1, 0.15) is 18.1 Å². The van der Waals surface area contributed by atoms with Gasteiger partial charge in [0.2, 0.25) is 5.95 Å². The smallest absolute Gasteiger partial charge is 0.254 e. The van der Waals surface area contributed by atoms with E-state index >= 15 is 0 Å². The average molecular weight is 405 g/mol. The molecule has 1 saturated heterocycles. The third-order valence-electron chi connectivity index (χ3n) is 6.42. The first-order chi connectivity index (χ1) is 14.0. The van der Waals surface area contributed by atoms with Crippen LogP contribution >= 0.6 is 0 Å². The zero-order valence-electron chi connectivity index (χ0n) is 16.9. The van der Waals surface area contributed by atoms with Crippen molar-refractivity contribution in [1.29, 1.82) is 0 Å². The van der Waals surface area contributed by atoms with Gasteiger partial charge in [-0.1, -0.05) is 0 Å². The number of hydrogen-bond acceptors (Lipinski definition) is 8. The maximum atomic E-state index is 11.8. The summed E-state index contributed by atoms with van der Waals surface area (Å²) >= 11 is 0. The number of nitrogens with one attached hydrogen (secondary N) is 3. The van der Waals surface area contributed by atoms with Crippen molar-refractivity contribution in [2.45, 2.75) is 81.9 Å². The van der Waals surface area contributed by atoms with Crippen LogP contribution in [0.2, 0.25) is 0 Å². The van der Waals surface area contributed by atoms with Crippen molar-refractivity contribution in [3.8, 4) is 0 Å². The number of epoxide rings is 1. The molecule has 1 aromatic heterocycles. The van der Waals surface area contributed by atoms with Gasteiger partial charge in [-0.05, 0) is 64.3 Å². The Morgan fingerprint density at radius 1 is 1.17 bits per heavy atom. The highest BCUT2D eigenvalue weighted by Gasteiger charge is 2.44. The number of hydrogen-bond donors (Lipinski definition) is 5. The van der Waals surface area contributed by atoms with Gasteiger partial charge < -0.3 is 26.2 Å². The Morgan fingerprint density at radius 2 is 1.97 bits per heavy atom. The van der Waals surface area contributed by atoms with Gasteiger partial charge in [-0.25, -0.2) is 4.98 Å². The summed E-state index contributed by atoms with van der Waals surface area (Å²) in [7, 11) is 1.94. The van der Waals surface area contributed by atoms with Crippen LogP contribution in [0.5, 0.6) is 0 Å². The van der Waals surface area contributed by atoms with Crippen molar-refractivity contribution in [3.63, 3.8) is 0 Å². The van der Waals surface area contributed by atoms with Crippen LogP contribution in [-0.2, 0) is 4.74 Å². The second kappa shape index (κ2) is 8.81. The normalized spacial score (nSPS) is 34.4. The number of carbonyl (C=O) groups is 1. The predicted molar refractivity (Wildman–Crippen MR) is 110 cm³/mol. The highest BCUT2D eigenvalue weighted by molar-refractivity contribution is 5.97. The van der Waals surface area contributed by atoms with Gasteiger partial charge in [-0.2, -0.15) is 4.98 Å². The number of aliphatic hydroxyl groups excluding tert-OH is 1. The summed E-state index contributed by atoms with van der Waals surface area (Å²) < 4.78 is 5.66. The molecule has 29 heavy (non-hydrogen) atoms. The largest absolute Gasteiger partial charge is 0.393 e. The summed E-state index contributed by atoms with van der Waals surface area (Å²) in [6, 6.07) is 0.385. The lowest BCUT2D eigenvalue weighted by atomic mass is 9.84. The maximum absolute atomic E-state index is 11.8. The Bertz CT molecular complexity index is 724. The number of nitrogens with zero attached hydrogens (tertiary/aromatic N) is 2. The van der Waals surface area contributed by atoms with E-state index in [4.69, 9.17) is 10.5 Å². The number of carbonyl (C=O) groups excluding carboxylic acids is 1. The predicted octanol–water partition coefficient (Wildman–Crippen LogP) is 1.21.